The topological polar surface area (TPSA) is 34.5 Å². The number of aromatic nitrogens is 1. The van der Waals surface area contributed by atoms with Crippen molar-refractivity contribution in [2.24, 2.45) is 4.99 Å². The van der Waals surface area contributed by atoms with E-state index in [-0.39, 0.29) is 11.4 Å². The summed E-state index contributed by atoms with van der Waals surface area (Å²) in [6.45, 7) is 2.01. The summed E-state index contributed by atoms with van der Waals surface area (Å²) in [4.78, 5) is 8.55. The fourth-order valence-electron chi connectivity index (χ4n) is 3.38. The van der Waals surface area contributed by atoms with Gasteiger partial charge in [-0.05, 0) is 49.9 Å². The zero-order chi connectivity index (χ0) is 17.6. The van der Waals surface area contributed by atoms with Crippen LogP contribution in [0, 0.1) is 12.7 Å². The number of hydrogen-bond acceptors (Lipinski definition) is 3. The number of benzene rings is 1. The van der Waals surface area contributed by atoms with Gasteiger partial charge in [0.2, 0.25) is 0 Å². The minimum Gasteiger partial charge on any atom is -0.482 e. The molecule has 1 spiro atoms. The molecule has 1 fully saturated rings. The van der Waals surface area contributed by atoms with Gasteiger partial charge in [-0.2, -0.15) is 0 Å². The molecule has 1 saturated carbocycles. The van der Waals surface area contributed by atoms with Crippen molar-refractivity contribution in [1.29, 1.82) is 0 Å². The SMILES string of the molecule is Cc1cc(C2=NCC3(CCC3)Oc3c(F)cccc32)cnc1C(F)F. The number of rotatable bonds is 2. The van der Waals surface area contributed by atoms with Crippen molar-refractivity contribution in [2.45, 2.75) is 38.2 Å². The summed E-state index contributed by atoms with van der Waals surface area (Å²) in [5, 5.41) is 0. The number of fused-ring (bicyclic) bond motifs is 1. The second kappa shape index (κ2) is 5.86. The number of aliphatic imine (C=N–C) groups is 1. The highest BCUT2D eigenvalue weighted by atomic mass is 19.3. The lowest BCUT2D eigenvalue weighted by Gasteiger charge is -2.40. The number of para-hydroxylation sites is 1. The van der Waals surface area contributed by atoms with Crippen LogP contribution in [0.4, 0.5) is 13.2 Å². The predicted octanol–water partition coefficient (Wildman–Crippen LogP) is 4.62. The Kier molecular flexibility index (Phi) is 3.78. The first-order valence-electron chi connectivity index (χ1n) is 8.26. The monoisotopic (exact) mass is 346 g/mol. The lowest BCUT2D eigenvalue weighted by atomic mass is 9.80. The maximum atomic E-state index is 14.4. The molecule has 25 heavy (non-hydrogen) atoms. The van der Waals surface area contributed by atoms with Crippen LogP contribution < -0.4 is 4.74 Å². The molecule has 0 radical (unpaired) electrons. The fourth-order valence-corrected chi connectivity index (χ4v) is 3.38. The van der Waals surface area contributed by atoms with Gasteiger partial charge < -0.3 is 4.74 Å². The lowest BCUT2D eigenvalue weighted by Crippen LogP contribution is -2.45. The van der Waals surface area contributed by atoms with Gasteiger partial charge in [0.25, 0.3) is 6.43 Å². The number of halogens is 3. The molecule has 2 aliphatic rings. The van der Waals surface area contributed by atoms with E-state index in [1.165, 1.54) is 12.3 Å². The number of nitrogens with zero attached hydrogens (tertiary/aromatic N) is 2. The zero-order valence-electron chi connectivity index (χ0n) is 13.7. The van der Waals surface area contributed by atoms with Gasteiger partial charge in [-0.15, -0.1) is 0 Å². The molecule has 0 N–H and O–H groups in total. The molecule has 3 nitrogen and oxygen atoms in total. The fraction of sp³-hybridized carbons (Fsp3) is 0.368. The van der Waals surface area contributed by atoms with E-state index in [0.29, 0.717) is 28.9 Å². The summed E-state index contributed by atoms with van der Waals surface area (Å²) >= 11 is 0. The van der Waals surface area contributed by atoms with E-state index in [9.17, 15) is 13.2 Å². The molecule has 0 saturated heterocycles. The third kappa shape index (κ3) is 2.69. The molecule has 0 bridgehead atoms. The lowest BCUT2D eigenvalue weighted by molar-refractivity contribution is 0.000318. The van der Waals surface area contributed by atoms with Crippen LogP contribution in [0.25, 0.3) is 0 Å². The molecule has 1 aliphatic heterocycles. The van der Waals surface area contributed by atoms with Crippen LogP contribution in [0.5, 0.6) is 5.75 Å². The van der Waals surface area contributed by atoms with Crippen LogP contribution in [0.1, 0.15) is 48.1 Å². The van der Waals surface area contributed by atoms with E-state index in [4.69, 9.17) is 4.74 Å². The largest absolute Gasteiger partial charge is 0.482 e. The molecule has 0 amide bonds. The van der Waals surface area contributed by atoms with Crippen LogP contribution in [-0.4, -0.2) is 22.8 Å². The molecule has 1 aliphatic carbocycles. The number of hydrogen-bond donors (Lipinski definition) is 0. The average Bonchev–Trinajstić information content (AvgIpc) is 2.72. The van der Waals surface area contributed by atoms with E-state index >= 15 is 0 Å². The number of aryl methyl sites for hydroxylation is 1. The molecular weight excluding hydrogens is 329 g/mol. The smallest absolute Gasteiger partial charge is 0.280 e. The summed E-state index contributed by atoms with van der Waals surface area (Å²) in [5.41, 5.74) is 1.35. The highest BCUT2D eigenvalue weighted by molar-refractivity contribution is 6.14. The maximum Gasteiger partial charge on any atom is 0.280 e. The first-order valence-corrected chi connectivity index (χ1v) is 8.26. The van der Waals surface area contributed by atoms with E-state index in [1.807, 2.05) is 0 Å². The summed E-state index contributed by atoms with van der Waals surface area (Å²) in [6, 6.07) is 6.32. The highest BCUT2D eigenvalue weighted by Gasteiger charge is 2.42. The Balaban J connectivity index is 1.84. The van der Waals surface area contributed by atoms with Gasteiger partial charge in [-0.1, -0.05) is 6.07 Å². The molecule has 0 unspecified atom stereocenters. The second-order valence-electron chi connectivity index (χ2n) is 6.65. The van der Waals surface area contributed by atoms with Crippen molar-refractivity contribution in [3.63, 3.8) is 0 Å². The Labute approximate surface area is 143 Å². The van der Waals surface area contributed by atoms with Crippen molar-refractivity contribution in [3.8, 4) is 5.75 Å². The van der Waals surface area contributed by atoms with Crippen molar-refractivity contribution >= 4 is 5.71 Å². The molecule has 2 aromatic rings. The molecule has 130 valence electrons. The molecule has 1 aromatic heterocycles. The first kappa shape index (κ1) is 16.1. The Bertz CT molecular complexity index is 860. The second-order valence-corrected chi connectivity index (χ2v) is 6.65. The van der Waals surface area contributed by atoms with E-state index in [1.54, 1.807) is 25.1 Å². The Morgan fingerprint density at radius 1 is 1.24 bits per heavy atom. The molecule has 6 heteroatoms. The third-order valence-electron chi connectivity index (χ3n) is 4.93. The standard InChI is InChI=1S/C19H17F3N2O/c1-11-8-12(9-23-15(11)18(21)22)16-13-4-2-5-14(20)17(13)25-19(10-24-16)6-3-7-19/h2,4-5,8-9,18H,3,6-7,10H2,1H3. The van der Waals surface area contributed by atoms with Gasteiger partial charge in [-0.3, -0.25) is 9.98 Å². The molecular formula is C19H17F3N2O. The van der Waals surface area contributed by atoms with Gasteiger partial charge in [0.15, 0.2) is 11.6 Å². The average molecular weight is 346 g/mol. The Morgan fingerprint density at radius 2 is 2.04 bits per heavy atom. The predicted molar refractivity (Wildman–Crippen MR) is 88.0 cm³/mol. The van der Waals surface area contributed by atoms with Crippen LogP contribution in [-0.2, 0) is 0 Å². The summed E-state index contributed by atoms with van der Waals surface area (Å²) in [7, 11) is 0. The maximum absolute atomic E-state index is 14.4. The number of ether oxygens (including phenoxy) is 1. The van der Waals surface area contributed by atoms with Crippen LogP contribution in [0.15, 0.2) is 35.5 Å². The van der Waals surface area contributed by atoms with Gasteiger partial charge in [0, 0.05) is 17.3 Å². The third-order valence-corrected chi connectivity index (χ3v) is 4.93. The Hall–Kier alpha value is -2.37. The van der Waals surface area contributed by atoms with Crippen LogP contribution in [0.3, 0.4) is 0 Å². The van der Waals surface area contributed by atoms with Crippen molar-refractivity contribution in [3.05, 3.63) is 58.7 Å². The zero-order valence-corrected chi connectivity index (χ0v) is 13.7. The van der Waals surface area contributed by atoms with Crippen LogP contribution >= 0.6 is 0 Å². The summed E-state index contributed by atoms with van der Waals surface area (Å²) in [5.74, 6) is -0.249. The van der Waals surface area contributed by atoms with Gasteiger partial charge >= 0.3 is 0 Å². The van der Waals surface area contributed by atoms with E-state index < -0.39 is 17.8 Å². The molecule has 4 rings (SSSR count). The minimum atomic E-state index is -2.63. The normalized spacial score (nSPS) is 18.2. The summed E-state index contributed by atoms with van der Waals surface area (Å²) < 4.78 is 46.3. The first-order chi connectivity index (χ1) is 12.0. The number of pyridine rings is 1. The quantitative estimate of drug-likeness (QED) is 0.795. The van der Waals surface area contributed by atoms with Crippen molar-refractivity contribution in [1.82, 2.24) is 4.98 Å². The minimum absolute atomic E-state index is 0.189. The van der Waals surface area contributed by atoms with Gasteiger partial charge in [0.05, 0.1) is 12.3 Å². The van der Waals surface area contributed by atoms with Crippen molar-refractivity contribution < 1.29 is 17.9 Å². The highest BCUT2D eigenvalue weighted by Crippen LogP contribution is 2.41. The molecule has 1 aromatic carbocycles. The Morgan fingerprint density at radius 3 is 2.68 bits per heavy atom. The van der Waals surface area contributed by atoms with Gasteiger partial charge in [0.1, 0.15) is 11.3 Å². The van der Waals surface area contributed by atoms with Crippen molar-refractivity contribution in [2.75, 3.05) is 6.54 Å². The van der Waals surface area contributed by atoms with Gasteiger partial charge in [-0.25, -0.2) is 13.2 Å². The van der Waals surface area contributed by atoms with Crippen LogP contribution in [0.2, 0.25) is 0 Å². The van der Waals surface area contributed by atoms with E-state index in [0.717, 1.165) is 19.3 Å². The van der Waals surface area contributed by atoms with E-state index in [2.05, 4.69) is 9.98 Å². The molecule has 2 heterocycles. The molecule has 0 atom stereocenters. The number of alkyl halides is 2. The summed E-state index contributed by atoms with van der Waals surface area (Å²) in [6.07, 6.45) is 1.44.